The largest absolute Gasteiger partial charge is 0.475 e. The molecule has 2 rings (SSSR count). The summed E-state index contributed by atoms with van der Waals surface area (Å²) in [7, 11) is -1.74. The fourth-order valence-electron chi connectivity index (χ4n) is 2.84. The lowest BCUT2D eigenvalue weighted by Gasteiger charge is -2.24. The highest BCUT2D eigenvalue weighted by Gasteiger charge is 2.30. The van der Waals surface area contributed by atoms with Crippen LogP contribution in [0.4, 0.5) is 4.39 Å². The minimum absolute atomic E-state index is 0.0978. The van der Waals surface area contributed by atoms with Crippen molar-refractivity contribution in [2.24, 2.45) is 5.92 Å². The minimum Gasteiger partial charge on any atom is -0.426 e. The highest BCUT2D eigenvalue weighted by atomic mass is 19.1. The van der Waals surface area contributed by atoms with E-state index in [0.717, 1.165) is 0 Å². The molecule has 0 bridgehead atoms. The van der Waals surface area contributed by atoms with Crippen molar-refractivity contribution >= 4 is 18.9 Å². The number of pyridine rings is 1. The summed E-state index contributed by atoms with van der Waals surface area (Å²) in [6.45, 7) is 3.78. The van der Waals surface area contributed by atoms with E-state index in [2.05, 4.69) is 15.6 Å². The zero-order valence-corrected chi connectivity index (χ0v) is 16.4. The molecule has 1 aromatic carbocycles. The van der Waals surface area contributed by atoms with Crippen molar-refractivity contribution in [3.05, 3.63) is 65.7 Å². The molecule has 0 saturated carbocycles. The van der Waals surface area contributed by atoms with Crippen LogP contribution in [0.2, 0.25) is 0 Å². The Labute approximate surface area is 169 Å². The molecule has 4 N–H and O–H groups in total. The number of nitrogens with one attached hydrogen (secondary N) is 2. The number of hydrogen-bond acceptors (Lipinski definition) is 5. The molecular weight excluding hydrogens is 376 g/mol. The Morgan fingerprint density at radius 3 is 2.34 bits per heavy atom. The normalized spacial score (nSPS) is 12.9. The maximum Gasteiger partial charge on any atom is 0.475 e. The van der Waals surface area contributed by atoms with Crippen LogP contribution in [-0.2, 0) is 11.2 Å². The zero-order chi connectivity index (χ0) is 21.4. The molecule has 0 aliphatic heterocycles. The van der Waals surface area contributed by atoms with E-state index in [1.54, 1.807) is 12.1 Å². The summed E-state index contributed by atoms with van der Waals surface area (Å²) in [6, 6.07) is 9.40. The maximum absolute atomic E-state index is 13.2. The van der Waals surface area contributed by atoms with Crippen molar-refractivity contribution in [3.8, 4) is 0 Å². The van der Waals surface area contributed by atoms with Gasteiger partial charge in [-0.2, -0.15) is 0 Å². The van der Waals surface area contributed by atoms with Crippen molar-refractivity contribution in [2.45, 2.75) is 38.7 Å². The van der Waals surface area contributed by atoms with Gasteiger partial charge in [0.15, 0.2) is 0 Å². The van der Waals surface area contributed by atoms with Crippen LogP contribution in [0.25, 0.3) is 0 Å². The second-order valence-corrected chi connectivity index (χ2v) is 7.23. The molecule has 0 spiro atoms. The lowest BCUT2D eigenvalue weighted by molar-refractivity contribution is -0.123. The molecule has 0 aliphatic carbocycles. The van der Waals surface area contributed by atoms with Crippen LogP contribution in [-0.4, -0.2) is 45.9 Å². The third-order valence-corrected chi connectivity index (χ3v) is 4.29. The van der Waals surface area contributed by atoms with Crippen molar-refractivity contribution in [3.63, 3.8) is 0 Å². The monoisotopic (exact) mass is 401 g/mol. The van der Waals surface area contributed by atoms with Gasteiger partial charge in [-0.15, -0.1) is 0 Å². The SMILES string of the molecule is CC(C)C[C@H](NC(=O)[C@H](Cc1ccc(F)cc1)NC(=O)c1ccccn1)B(O)O. The molecule has 1 heterocycles. The van der Waals surface area contributed by atoms with Gasteiger partial charge in [-0.3, -0.25) is 14.6 Å². The van der Waals surface area contributed by atoms with Gasteiger partial charge >= 0.3 is 7.12 Å². The predicted molar refractivity (Wildman–Crippen MR) is 107 cm³/mol. The number of nitrogens with zero attached hydrogens (tertiary/aromatic N) is 1. The number of hydrogen-bond donors (Lipinski definition) is 4. The number of amides is 2. The molecule has 0 fully saturated rings. The van der Waals surface area contributed by atoms with Crippen LogP contribution in [0.15, 0.2) is 48.7 Å². The topological polar surface area (TPSA) is 112 Å². The smallest absolute Gasteiger partial charge is 0.426 e. The Kier molecular flexibility index (Phi) is 8.29. The van der Waals surface area contributed by atoms with Crippen LogP contribution in [0.1, 0.15) is 36.3 Å². The van der Waals surface area contributed by atoms with Gasteiger partial charge in [0.2, 0.25) is 5.91 Å². The molecule has 2 aromatic rings. The third kappa shape index (κ3) is 7.28. The van der Waals surface area contributed by atoms with E-state index in [0.29, 0.717) is 12.0 Å². The van der Waals surface area contributed by atoms with Gasteiger partial charge in [0.25, 0.3) is 5.91 Å². The lowest BCUT2D eigenvalue weighted by atomic mass is 9.75. The number of carbonyl (C=O) groups is 2. The van der Waals surface area contributed by atoms with Gasteiger partial charge in [-0.25, -0.2) is 4.39 Å². The Hall–Kier alpha value is -2.78. The van der Waals surface area contributed by atoms with Crippen molar-refractivity contribution in [1.29, 1.82) is 0 Å². The first-order valence-electron chi connectivity index (χ1n) is 9.39. The van der Waals surface area contributed by atoms with Crippen LogP contribution >= 0.6 is 0 Å². The summed E-state index contributed by atoms with van der Waals surface area (Å²) in [5, 5.41) is 24.4. The second kappa shape index (κ2) is 10.7. The molecule has 1 aromatic heterocycles. The molecule has 0 aliphatic rings. The molecule has 2 amide bonds. The highest BCUT2D eigenvalue weighted by molar-refractivity contribution is 6.43. The van der Waals surface area contributed by atoms with E-state index in [1.165, 1.54) is 36.5 Å². The molecular formula is C20H25BFN3O4. The number of carbonyl (C=O) groups excluding carboxylic acids is 2. The number of rotatable bonds is 9. The zero-order valence-electron chi connectivity index (χ0n) is 16.4. The molecule has 29 heavy (non-hydrogen) atoms. The molecule has 0 unspecified atom stereocenters. The first-order valence-corrected chi connectivity index (χ1v) is 9.39. The van der Waals surface area contributed by atoms with Crippen molar-refractivity contribution < 1.29 is 24.0 Å². The fourth-order valence-corrected chi connectivity index (χ4v) is 2.84. The number of halogens is 1. The van der Waals surface area contributed by atoms with E-state index >= 15 is 0 Å². The molecule has 9 heteroatoms. The summed E-state index contributed by atoms with van der Waals surface area (Å²) in [5.74, 6) is -2.30. The molecule has 2 atom stereocenters. The minimum atomic E-state index is -1.74. The molecule has 7 nitrogen and oxygen atoms in total. The van der Waals surface area contributed by atoms with E-state index in [1.807, 2.05) is 13.8 Å². The van der Waals surface area contributed by atoms with Gasteiger partial charge in [-0.1, -0.05) is 32.0 Å². The van der Waals surface area contributed by atoms with Gasteiger partial charge in [0, 0.05) is 12.6 Å². The lowest BCUT2D eigenvalue weighted by Crippen LogP contribution is -2.55. The quantitative estimate of drug-likeness (QED) is 0.471. The summed E-state index contributed by atoms with van der Waals surface area (Å²) in [6.07, 6.45) is 1.91. The van der Waals surface area contributed by atoms with Gasteiger partial charge < -0.3 is 20.7 Å². The summed E-state index contributed by atoms with van der Waals surface area (Å²) < 4.78 is 13.2. The molecule has 0 radical (unpaired) electrons. The van der Waals surface area contributed by atoms with Gasteiger partial charge in [0.05, 0.1) is 5.94 Å². The second-order valence-electron chi connectivity index (χ2n) is 7.23. The third-order valence-electron chi connectivity index (χ3n) is 4.29. The standard InChI is InChI=1S/C20H25BFN3O4/c1-13(2)11-18(21(28)29)25-20(27)17(12-14-6-8-15(22)9-7-14)24-19(26)16-5-3-4-10-23-16/h3-10,13,17-18,28-29H,11-12H2,1-2H3,(H,24,26)(H,25,27)/t17-,18-/m0/s1. The Balaban J connectivity index is 2.19. The predicted octanol–water partition coefficient (Wildman–Crippen LogP) is 1.10. The van der Waals surface area contributed by atoms with Crippen molar-refractivity contribution in [1.82, 2.24) is 15.6 Å². The van der Waals surface area contributed by atoms with Crippen LogP contribution in [0.3, 0.4) is 0 Å². The number of benzene rings is 1. The summed E-state index contributed by atoms with van der Waals surface area (Å²) in [5.41, 5.74) is 0.781. The Bertz CT molecular complexity index is 803. The first-order chi connectivity index (χ1) is 13.8. The fraction of sp³-hybridized carbons (Fsp3) is 0.350. The van der Waals surface area contributed by atoms with Crippen LogP contribution in [0, 0.1) is 11.7 Å². The van der Waals surface area contributed by atoms with E-state index in [9.17, 15) is 24.0 Å². The van der Waals surface area contributed by atoms with Crippen molar-refractivity contribution in [2.75, 3.05) is 0 Å². The van der Waals surface area contributed by atoms with E-state index in [4.69, 9.17) is 0 Å². The highest BCUT2D eigenvalue weighted by Crippen LogP contribution is 2.10. The van der Waals surface area contributed by atoms with Crippen LogP contribution < -0.4 is 10.6 Å². The van der Waals surface area contributed by atoms with Gasteiger partial charge in [0.1, 0.15) is 17.6 Å². The summed E-state index contributed by atoms with van der Waals surface area (Å²) in [4.78, 5) is 29.3. The number of aromatic nitrogens is 1. The Morgan fingerprint density at radius 2 is 1.79 bits per heavy atom. The molecule has 154 valence electrons. The average molecular weight is 401 g/mol. The Morgan fingerprint density at radius 1 is 1.10 bits per heavy atom. The van der Waals surface area contributed by atoms with E-state index in [-0.39, 0.29) is 18.0 Å². The van der Waals surface area contributed by atoms with Crippen LogP contribution in [0.5, 0.6) is 0 Å². The van der Waals surface area contributed by atoms with Gasteiger partial charge in [-0.05, 0) is 42.2 Å². The van der Waals surface area contributed by atoms with E-state index < -0.39 is 36.7 Å². The maximum atomic E-state index is 13.2. The summed E-state index contributed by atoms with van der Waals surface area (Å²) >= 11 is 0. The average Bonchev–Trinajstić information content (AvgIpc) is 2.68. The molecule has 0 saturated heterocycles. The first kappa shape index (κ1) is 22.5.